The van der Waals surface area contributed by atoms with Crippen LogP contribution in [0.4, 0.5) is 0 Å². The van der Waals surface area contributed by atoms with E-state index in [0.29, 0.717) is 24.7 Å². The van der Waals surface area contributed by atoms with Crippen LogP contribution in [0.3, 0.4) is 0 Å². The summed E-state index contributed by atoms with van der Waals surface area (Å²) in [5, 5.41) is 2.18. The maximum absolute atomic E-state index is 12.6. The van der Waals surface area contributed by atoms with Crippen molar-refractivity contribution in [3.05, 3.63) is 51.2 Å². The fraction of sp³-hybridized carbons (Fsp3) is 0.500. The lowest BCUT2D eigenvalue weighted by atomic mass is 9.99. The number of fused-ring (bicyclic) bond motifs is 1. The second-order valence-corrected chi connectivity index (χ2v) is 11.0. The molecule has 6 nitrogen and oxygen atoms in total. The zero-order valence-corrected chi connectivity index (χ0v) is 19.2. The number of piperidine rings is 1. The average Bonchev–Trinajstić information content (AvgIpc) is 3.22. The zero-order chi connectivity index (χ0) is 21.3. The van der Waals surface area contributed by atoms with Crippen LogP contribution in [0, 0.1) is 13.8 Å². The molecule has 0 unspecified atom stereocenters. The fourth-order valence-electron chi connectivity index (χ4n) is 4.41. The highest BCUT2D eigenvalue weighted by Gasteiger charge is 2.29. The minimum Gasteiger partial charge on any atom is -0.341 e. The van der Waals surface area contributed by atoms with Gasteiger partial charge in [0, 0.05) is 37.1 Å². The van der Waals surface area contributed by atoms with E-state index in [1.165, 1.54) is 10.4 Å². The van der Waals surface area contributed by atoms with Crippen molar-refractivity contribution in [2.45, 2.75) is 50.6 Å². The van der Waals surface area contributed by atoms with Crippen molar-refractivity contribution >= 4 is 27.3 Å². The number of amides is 1. The summed E-state index contributed by atoms with van der Waals surface area (Å²) in [6.45, 7) is 6.89. The molecule has 0 aliphatic carbocycles. The summed E-state index contributed by atoms with van der Waals surface area (Å²) >= 11 is 1.85. The van der Waals surface area contributed by atoms with Crippen LogP contribution in [0.2, 0.25) is 0 Å². The Labute approximate surface area is 182 Å². The lowest BCUT2D eigenvalue weighted by Crippen LogP contribution is -2.49. The number of hydrogen-bond donors (Lipinski definition) is 1. The Morgan fingerprint density at radius 2 is 1.93 bits per heavy atom. The minimum absolute atomic E-state index is 0.152. The molecular formula is C22H29N3O3S2. The van der Waals surface area contributed by atoms with Crippen molar-refractivity contribution in [1.82, 2.24) is 14.5 Å². The maximum atomic E-state index is 12.6. The highest BCUT2D eigenvalue weighted by molar-refractivity contribution is 7.89. The van der Waals surface area contributed by atoms with E-state index in [1.807, 2.05) is 24.3 Å². The number of rotatable bonds is 5. The molecular weight excluding hydrogens is 418 g/mol. The molecule has 2 aliphatic rings. The third-order valence-corrected chi connectivity index (χ3v) is 8.78. The molecule has 1 aromatic heterocycles. The molecule has 30 heavy (non-hydrogen) atoms. The van der Waals surface area contributed by atoms with E-state index in [2.05, 4.69) is 21.1 Å². The van der Waals surface area contributed by atoms with Gasteiger partial charge < -0.3 is 4.90 Å². The molecule has 1 N–H and O–H groups in total. The molecule has 8 heteroatoms. The molecule has 0 spiro atoms. The first-order valence-electron chi connectivity index (χ1n) is 10.5. The number of carbonyl (C=O) groups is 1. The number of benzene rings is 1. The number of likely N-dealkylation sites (tertiary alicyclic amines) is 1. The van der Waals surface area contributed by atoms with Crippen LogP contribution < -0.4 is 4.72 Å². The van der Waals surface area contributed by atoms with Gasteiger partial charge in [0.05, 0.1) is 11.4 Å². The number of sulfonamides is 1. The van der Waals surface area contributed by atoms with Crippen molar-refractivity contribution in [3.8, 4) is 0 Å². The van der Waals surface area contributed by atoms with Gasteiger partial charge in [0.1, 0.15) is 0 Å². The zero-order valence-electron chi connectivity index (χ0n) is 17.6. The van der Waals surface area contributed by atoms with E-state index < -0.39 is 10.0 Å². The number of nitrogens with one attached hydrogen (secondary N) is 1. The number of thiophene rings is 1. The predicted octanol–water partition coefficient (Wildman–Crippen LogP) is 2.69. The van der Waals surface area contributed by atoms with Crippen LogP contribution in [0.5, 0.6) is 0 Å². The van der Waals surface area contributed by atoms with Crippen LogP contribution in [0.25, 0.3) is 0 Å². The monoisotopic (exact) mass is 447 g/mol. The Morgan fingerprint density at radius 1 is 1.17 bits per heavy atom. The second kappa shape index (κ2) is 8.78. The number of aryl methyl sites for hydroxylation is 2. The van der Waals surface area contributed by atoms with Crippen LogP contribution in [0.15, 0.2) is 34.5 Å². The molecule has 1 saturated heterocycles. The highest BCUT2D eigenvalue weighted by Crippen LogP contribution is 2.28. The molecule has 1 fully saturated rings. The Balaban J connectivity index is 1.29. The van der Waals surface area contributed by atoms with Gasteiger partial charge in [-0.1, -0.05) is 12.1 Å². The second-order valence-electron chi connectivity index (χ2n) is 8.29. The van der Waals surface area contributed by atoms with Crippen LogP contribution in [-0.2, 0) is 27.8 Å². The van der Waals surface area contributed by atoms with Gasteiger partial charge in [0.2, 0.25) is 15.9 Å². The van der Waals surface area contributed by atoms with Gasteiger partial charge >= 0.3 is 0 Å². The molecule has 0 bridgehead atoms. The molecule has 0 saturated carbocycles. The number of carbonyl (C=O) groups excluding carboxylic acids is 1. The molecule has 1 amide bonds. The lowest BCUT2D eigenvalue weighted by molar-refractivity contribution is -0.131. The van der Waals surface area contributed by atoms with Gasteiger partial charge in [-0.15, -0.1) is 11.3 Å². The standard InChI is InChI=1S/C22H29N3O3S2/c1-16-3-4-17(2)21(13-16)30(27,28)23-14-22(26)24-9-5-19(6-10-24)25-11-7-20-18(15-25)8-12-29-20/h3-4,8,12-13,19,23H,5-7,9-11,14-15H2,1-2H3. The number of nitrogens with zero attached hydrogens (tertiary/aromatic N) is 2. The van der Waals surface area contributed by atoms with E-state index in [0.717, 1.165) is 37.9 Å². The van der Waals surface area contributed by atoms with Gasteiger partial charge in [-0.05, 0) is 67.3 Å². The predicted molar refractivity (Wildman–Crippen MR) is 119 cm³/mol. The summed E-state index contributed by atoms with van der Waals surface area (Å²) in [5.41, 5.74) is 3.00. The first-order valence-corrected chi connectivity index (χ1v) is 12.8. The summed E-state index contributed by atoms with van der Waals surface area (Å²) in [7, 11) is -3.70. The van der Waals surface area contributed by atoms with E-state index in [4.69, 9.17) is 0 Å². The van der Waals surface area contributed by atoms with Crippen molar-refractivity contribution < 1.29 is 13.2 Å². The lowest BCUT2D eigenvalue weighted by Gasteiger charge is -2.40. The third-order valence-electron chi connectivity index (χ3n) is 6.22. The van der Waals surface area contributed by atoms with Crippen LogP contribution >= 0.6 is 11.3 Å². The summed E-state index contributed by atoms with van der Waals surface area (Å²) in [6.07, 6.45) is 3.00. The van der Waals surface area contributed by atoms with Crippen molar-refractivity contribution in [2.24, 2.45) is 0 Å². The van der Waals surface area contributed by atoms with Gasteiger partial charge in [0.25, 0.3) is 0 Å². The van der Waals surface area contributed by atoms with Gasteiger partial charge in [-0.2, -0.15) is 0 Å². The Kier molecular flexibility index (Phi) is 6.29. The number of hydrogen-bond acceptors (Lipinski definition) is 5. The summed E-state index contributed by atoms with van der Waals surface area (Å²) in [4.78, 5) is 18.7. The molecule has 0 radical (unpaired) electrons. The van der Waals surface area contributed by atoms with Gasteiger partial charge in [-0.25, -0.2) is 13.1 Å². The summed E-state index contributed by atoms with van der Waals surface area (Å²) < 4.78 is 27.8. The van der Waals surface area contributed by atoms with Crippen molar-refractivity contribution in [3.63, 3.8) is 0 Å². The first-order chi connectivity index (χ1) is 14.3. The highest BCUT2D eigenvalue weighted by atomic mass is 32.2. The third kappa shape index (κ3) is 4.61. The quantitative estimate of drug-likeness (QED) is 0.765. The Morgan fingerprint density at radius 3 is 2.70 bits per heavy atom. The van der Waals surface area contributed by atoms with E-state index in [9.17, 15) is 13.2 Å². The molecule has 162 valence electrons. The molecule has 0 atom stereocenters. The maximum Gasteiger partial charge on any atom is 0.241 e. The Hall–Kier alpha value is -1.74. The topological polar surface area (TPSA) is 69.7 Å². The molecule has 3 heterocycles. The molecule has 2 aromatic rings. The minimum atomic E-state index is -3.70. The van der Waals surface area contributed by atoms with Crippen LogP contribution in [0.1, 0.15) is 34.4 Å². The largest absolute Gasteiger partial charge is 0.341 e. The normalized spacial score (nSPS) is 18.4. The first kappa shape index (κ1) is 21.5. The van der Waals surface area contributed by atoms with Crippen LogP contribution in [-0.4, -0.2) is 56.3 Å². The Bertz CT molecular complexity index is 1020. The van der Waals surface area contributed by atoms with E-state index >= 15 is 0 Å². The molecule has 1 aromatic carbocycles. The van der Waals surface area contributed by atoms with Gasteiger partial charge in [0.15, 0.2) is 0 Å². The van der Waals surface area contributed by atoms with E-state index in [-0.39, 0.29) is 17.3 Å². The average molecular weight is 448 g/mol. The van der Waals surface area contributed by atoms with Crippen molar-refractivity contribution in [1.29, 1.82) is 0 Å². The fourth-order valence-corrected chi connectivity index (χ4v) is 6.60. The molecule has 2 aliphatic heterocycles. The SMILES string of the molecule is Cc1ccc(C)c(S(=O)(=O)NCC(=O)N2CCC(N3CCc4sccc4C3)CC2)c1. The van der Waals surface area contributed by atoms with E-state index in [1.54, 1.807) is 24.0 Å². The summed E-state index contributed by atoms with van der Waals surface area (Å²) in [6, 6.07) is 8.04. The summed E-state index contributed by atoms with van der Waals surface area (Å²) in [5.74, 6) is -0.152. The molecule has 4 rings (SSSR count). The smallest absolute Gasteiger partial charge is 0.241 e. The van der Waals surface area contributed by atoms with Gasteiger partial charge in [-0.3, -0.25) is 9.69 Å². The van der Waals surface area contributed by atoms with Crippen molar-refractivity contribution in [2.75, 3.05) is 26.2 Å².